The predicted molar refractivity (Wildman–Crippen MR) is 87.9 cm³/mol. The van der Waals surface area contributed by atoms with Crippen LogP contribution in [0.2, 0.25) is 0 Å². The number of fused-ring (bicyclic) bond motifs is 1. The number of pyridine rings is 1. The smallest absolute Gasteiger partial charge is 0.126 e. The summed E-state index contributed by atoms with van der Waals surface area (Å²) in [6, 6.07) is 16.9. The quantitative estimate of drug-likeness (QED) is 0.739. The first-order valence-electron chi connectivity index (χ1n) is 6.57. The fourth-order valence-electron chi connectivity index (χ4n) is 2.27. The molecule has 1 aromatic heterocycles. The van der Waals surface area contributed by atoms with E-state index < -0.39 is 0 Å². The topological polar surface area (TPSA) is 24.9 Å². The zero-order valence-electron chi connectivity index (χ0n) is 11.2. The van der Waals surface area contributed by atoms with Gasteiger partial charge in [0.25, 0.3) is 0 Å². The lowest BCUT2D eigenvalue weighted by atomic mass is 10.0. The summed E-state index contributed by atoms with van der Waals surface area (Å²) in [5.41, 5.74) is 2.46. The molecule has 0 amide bonds. The van der Waals surface area contributed by atoms with Crippen molar-refractivity contribution in [2.75, 3.05) is 5.32 Å². The lowest BCUT2D eigenvalue weighted by Gasteiger charge is -2.09. The summed E-state index contributed by atoms with van der Waals surface area (Å²) in [5.74, 6) is 0.902. The molecule has 0 atom stereocenters. The van der Waals surface area contributed by atoms with E-state index in [1.807, 2.05) is 6.20 Å². The number of hydrogen-bond acceptors (Lipinski definition) is 2. The average molecular weight is 327 g/mol. The molecular formula is C17H15BrN2. The second kappa shape index (κ2) is 5.63. The van der Waals surface area contributed by atoms with E-state index in [1.165, 1.54) is 21.9 Å². The number of nitrogens with zero attached hydrogens (tertiary/aromatic N) is 1. The van der Waals surface area contributed by atoms with E-state index in [2.05, 4.69) is 81.7 Å². The molecule has 3 rings (SSSR count). The first-order valence-corrected chi connectivity index (χ1v) is 7.36. The average Bonchev–Trinajstić information content (AvgIpc) is 2.48. The van der Waals surface area contributed by atoms with Crippen molar-refractivity contribution in [1.29, 1.82) is 0 Å². The van der Waals surface area contributed by atoms with Crippen LogP contribution < -0.4 is 5.32 Å². The summed E-state index contributed by atoms with van der Waals surface area (Å²) in [7, 11) is 0. The Hall–Kier alpha value is -1.87. The Bertz CT molecular complexity index is 748. The van der Waals surface area contributed by atoms with Gasteiger partial charge in [-0.15, -0.1) is 0 Å². The van der Waals surface area contributed by atoms with Crippen molar-refractivity contribution in [2.45, 2.75) is 13.5 Å². The standard InChI is InChI=1S/C17H15BrN2/c1-12-9-17(20-11-16(12)18)19-10-14-7-4-6-13-5-2-3-8-15(13)14/h2-9,11H,10H2,1H3,(H,19,20). The summed E-state index contributed by atoms with van der Waals surface area (Å²) in [4.78, 5) is 4.38. The largest absolute Gasteiger partial charge is 0.366 e. The highest BCUT2D eigenvalue weighted by molar-refractivity contribution is 9.10. The van der Waals surface area contributed by atoms with Gasteiger partial charge in [-0.05, 0) is 50.8 Å². The van der Waals surface area contributed by atoms with Crippen LogP contribution in [0.5, 0.6) is 0 Å². The van der Waals surface area contributed by atoms with Gasteiger partial charge >= 0.3 is 0 Å². The van der Waals surface area contributed by atoms with Gasteiger partial charge in [-0.2, -0.15) is 0 Å². The fraction of sp³-hybridized carbons (Fsp3) is 0.118. The lowest BCUT2D eigenvalue weighted by Crippen LogP contribution is -2.02. The molecule has 3 aromatic rings. The monoisotopic (exact) mass is 326 g/mol. The summed E-state index contributed by atoms with van der Waals surface area (Å²) >= 11 is 3.47. The van der Waals surface area contributed by atoms with Gasteiger partial charge in [-0.1, -0.05) is 42.5 Å². The number of aromatic nitrogens is 1. The van der Waals surface area contributed by atoms with Crippen LogP contribution in [0.15, 0.2) is 59.2 Å². The molecule has 2 aromatic carbocycles. The minimum atomic E-state index is 0.773. The molecule has 0 radical (unpaired) electrons. The van der Waals surface area contributed by atoms with E-state index >= 15 is 0 Å². The third-order valence-corrected chi connectivity index (χ3v) is 4.22. The third-order valence-electron chi connectivity index (χ3n) is 3.39. The van der Waals surface area contributed by atoms with Crippen molar-refractivity contribution >= 4 is 32.5 Å². The third kappa shape index (κ3) is 2.68. The first kappa shape index (κ1) is 13.1. The molecule has 0 aliphatic rings. The number of rotatable bonds is 3. The Kier molecular flexibility index (Phi) is 3.70. The number of anilines is 1. The molecule has 1 heterocycles. The van der Waals surface area contributed by atoms with Crippen molar-refractivity contribution in [3.05, 3.63) is 70.3 Å². The van der Waals surface area contributed by atoms with Gasteiger partial charge in [0, 0.05) is 17.2 Å². The predicted octanol–water partition coefficient (Wildman–Crippen LogP) is 4.92. The molecule has 20 heavy (non-hydrogen) atoms. The molecule has 0 unspecified atom stereocenters. The van der Waals surface area contributed by atoms with Gasteiger partial charge in [0.2, 0.25) is 0 Å². The normalized spacial score (nSPS) is 10.7. The van der Waals surface area contributed by atoms with Crippen molar-refractivity contribution in [2.24, 2.45) is 0 Å². The highest BCUT2D eigenvalue weighted by atomic mass is 79.9. The van der Waals surface area contributed by atoms with E-state index in [4.69, 9.17) is 0 Å². The molecular weight excluding hydrogens is 312 g/mol. The molecule has 0 aliphatic carbocycles. The maximum Gasteiger partial charge on any atom is 0.126 e. The zero-order chi connectivity index (χ0) is 13.9. The molecule has 100 valence electrons. The molecule has 0 saturated carbocycles. The van der Waals surface area contributed by atoms with Gasteiger partial charge in [-0.25, -0.2) is 4.98 Å². The number of hydrogen-bond donors (Lipinski definition) is 1. The van der Waals surface area contributed by atoms with E-state index in [0.29, 0.717) is 0 Å². The van der Waals surface area contributed by atoms with Crippen LogP contribution >= 0.6 is 15.9 Å². The fourth-order valence-corrected chi connectivity index (χ4v) is 2.49. The molecule has 3 heteroatoms. The lowest BCUT2D eigenvalue weighted by molar-refractivity contribution is 1.11. The Morgan fingerprint density at radius 2 is 1.90 bits per heavy atom. The number of benzene rings is 2. The SMILES string of the molecule is Cc1cc(NCc2cccc3ccccc23)ncc1Br. The highest BCUT2D eigenvalue weighted by Gasteiger charge is 2.02. The van der Waals surface area contributed by atoms with Crippen molar-refractivity contribution < 1.29 is 0 Å². The summed E-state index contributed by atoms with van der Waals surface area (Å²) in [6.07, 6.45) is 1.83. The Balaban J connectivity index is 1.85. The van der Waals surface area contributed by atoms with Crippen molar-refractivity contribution in [3.8, 4) is 0 Å². The van der Waals surface area contributed by atoms with Gasteiger partial charge in [0.1, 0.15) is 5.82 Å². The number of nitrogens with one attached hydrogen (secondary N) is 1. The minimum Gasteiger partial charge on any atom is -0.366 e. The second-order valence-corrected chi connectivity index (χ2v) is 5.66. The van der Waals surface area contributed by atoms with Gasteiger partial charge in [-0.3, -0.25) is 0 Å². The van der Waals surface area contributed by atoms with E-state index in [-0.39, 0.29) is 0 Å². The van der Waals surface area contributed by atoms with Crippen LogP contribution in [0.3, 0.4) is 0 Å². The Morgan fingerprint density at radius 1 is 1.10 bits per heavy atom. The van der Waals surface area contributed by atoms with Gasteiger partial charge in [0.05, 0.1) is 0 Å². The molecule has 2 nitrogen and oxygen atoms in total. The number of halogens is 1. The van der Waals surface area contributed by atoms with Gasteiger partial charge < -0.3 is 5.32 Å². The zero-order valence-corrected chi connectivity index (χ0v) is 12.8. The molecule has 0 bridgehead atoms. The summed E-state index contributed by atoms with van der Waals surface area (Å²) in [6.45, 7) is 2.84. The molecule has 0 spiro atoms. The summed E-state index contributed by atoms with van der Waals surface area (Å²) < 4.78 is 1.04. The molecule has 0 fully saturated rings. The van der Waals surface area contributed by atoms with Crippen LogP contribution in [0.1, 0.15) is 11.1 Å². The number of aryl methyl sites for hydroxylation is 1. The van der Waals surface area contributed by atoms with Crippen LogP contribution in [0, 0.1) is 6.92 Å². The molecule has 1 N–H and O–H groups in total. The van der Waals surface area contributed by atoms with E-state index in [0.717, 1.165) is 16.8 Å². The van der Waals surface area contributed by atoms with E-state index in [9.17, 15) is 0 Å². The highest BCUT2D eigenvalue weighted by Crippen LogP contribution is 2.21. The van der Waals surface area contributed by atoms with Crippen LogP contribution in [0.25, 0.3) is 10.8 Å². The molecule has 0 aliphatic heterocycles. The maximum atomic E-state index is 4.38. The Morgan fingerprint density at radius 3 is 2.75 bits per heavy atom. The van der Waals surface area contributed by atoms with Gasteiger partial charge in [0.15, 0.2) is 0 Å². The first-order chi connectivity index (χ1) is 9.74. The Labute approximate surface area is 127 Å². The van der Waals surface area contributed by atoms with E-state index in [1.54, 1.807) is 0 Å². The second-order valence-electron chi connectivity index (χ2n) is 4.81. The van der Waals surface area contributed by atoms with Crippen LogP contribution in [0.4, 0.5) is 5.82 Å². The molecule has 0 saturated heterocycles. The minimum absolute atomic E-state index is 0.773. The van der Waals surface area contributed by atoms with Crippen LogP contribution in [-0.2, 0) is 6.54 Å². The summed E-state index contributed by atoms with van der Waals surface area (Å²) in [5, 5.41) is 5.95. The van der Waals surface area contributed by atoms with Crippen LogP contribution in [-0.4, -0.2) is 4.98 Å². The van der Waals surface area contributed by atoms with Crippen molar-refractivity contribution in [3.63, 3.8) is 0 Å². The van der Waals surface area contributed by atoms with Crippen molar-refractivity contribution in [1.82, 2.24) is 4.98 Å². The maximum absolute atomic E-state index is 4.38.